The summed E-state index contributed by atoms with van der Waals surface area (Å²) in [5.41, 5.74) is 0.837. The van der Waals surface area contributed by atoms with Gasteiger partial charge in [0.25, 0.3) is 0 Å². The first-order chi connectivity index (χ1) is 14.3. The number of benzene rings is 1. The van der Waals surface area contributed by atoms with Gasteiger partial charge in [0.2, 0.25) is 0 Å². The summed E-state index contributed by atoms with van der Waals surface area (Å²) in [4.78, 5) is 3.99. The molecule has 0 N–H and O–H groups in total. The summed E-state index contributed by atoms with van der Waals surface area (Å²) in [6.07, 6.45) is 18.7. The molecule has 0 saturated heterocycles. The first kappa shape index (κ1) is 22.5. The maximum atomic E-state index is 6.04. The number of ether oxygens (including phenoxy) is 1. The molecule has 0 heterocycles. The Morgan fingerprint density at radius 2 is 1.48 bits per heavy atom. The number of isothiocyanates is 1. The van der Waals surface area contributed by atoms with E-state index in [9.17, 15) is 0 Å². The second-order valence-corrected chi connectivity index (χ2v) is 9.60. The largest absolute Gasteiger partial charge is 0.493 e. The fourth-order valence-corrected chi connectivity index (χ4v) is 5.62. The van der Waals surface area contributed by atoms with Crippen molar-refractivity contribution in [3.8, 4) is 5.75 Å². The van der Waals surface area contributed by atoms with Crippen molar-refractivity contribution in [2.75, 3.05) is 6.61 Å². The van der Waals surface area contributed by atoms with Crippen LogP contribution in [0.5, 0.6) is 5.75 Å². The van der Waals surface area contributed by atoms with Crippen LogP contribution in [0.1, 0.15) is 90.4 Å². The molecule has 0 radical (unpaired) electrons. The van der Waals surface area contributed by atoms with Crippen molar-refractivity contribution in [1.82, 2.24) is 0 Å². The van der Waals surface area contributed by atoms with Crippen molar-refractivity contribution in [3.63, 3.8) is 0 Å². The van der Waals surface area contributed by atoms with E-state index in [1.807, 2.05) is 24.3 Å². The summed E-state index contributed by atoms with van der Waals surface area (Å²) in [7, 11) is 0. The van der Waals surface area contributed by atoms with Gasteiger partial charge in [-0.1, -0.05) is 51.9 Å². The summed E-state index contributed by atoms with van der Waals surface area (Å²) in [6, 6.07) is 7.84. The Labute approximate surface area is 183 Å². The molecule has 0 amide bonds. The number of aliphatic imine (C=N–C) groups is 1. The lowest BCUT2D eigenvalue weighted by Crippen LogP contribution is -2.27. The first-order valence-electron chi connectivity index (χ1n) is 12.1. The van der Waals surface area contributed by atoms with Crippen molar-refractivity contribution < 1.29 is 4.74 Å². The number of hydrogen-bond acceptors (Lipinski definition) is 3. The molecule has 0 aliphatic heterocycles. The van der Waals surface area contributed by atoms with Crippen LogP contribution in [0.3, 0.4) is 0 Å². The van der Waals surface area contributed by atoms with E-state index in [0.29, 0.717) is 0 Å². The van der Waals surface area contributed by atoms with Crippen molar-refractivity contribution in [3.05, 3.63) is 24.3 Å². The molecule has 0 bridgehead atoms. The predicted octanol–water partition coefficient (Wildman–Crippen LogP) is 8.38. The zero-order valence-corrected chi connectivity index (χ0v) is 19.1. The van der Waals surface area contributed by atoms with Gasteiger partial charge < -0.3 is 4.74 Å². The highest BCUT2D eigenvalue weighted by atomic mass is 32.1. The molecular weight excluding hydrogens is 374 g/mol. The fourth-order valence-electron chi connectivity index (χ4n) is 5.52. The van der Waals surface area contributed by atoms with E-state index < -0.39 is 0 Å². The molecule has 2 aliphatic rings. The number of thiocarbonyl (C=S) groups is 1. The lowest BCUT2D eigenvalue weighted by molar-refractivity contribution is 0.121. The van der Waals surface area contributed by atoms with Crippen LogP contribution in [0.2, 0.25) is 0 Å². The Bertz CT molecular complexity index is 621. The van der Waals surface area contributed by atoms with E-state index in [1.165, 1.54) is 83.5 Å². The number of rotatable bonds is 10. The van der Waals surface area contributed by atoms with Crippen LogP contribution < -0.4 is 4.74 Å². The average Bonchev–Trinajstić information content (AvgIpc) is 2.77. The highest BCUT2D eigenvalue weighted by Gasteiger charge is 2.30. The molecule has 0 spiro atoms. The number of hydrogen-bond donors (Lipinski definition) is 0. The topological polar surface area (TPSA) is 21.6 Å². The van der Waals surface area contributed by atoms with Gasteiger partial charge >= 0.3 is 0 Å². The molecule has 1 aromatic carbocycles. The van der Waals surface area contributed by atoms with Crippen molar-refractivity contribution in [2.45, 2.75) is 90.4 Å². The van der Waals surface area contributed by atoms with Crippen LogP contribution in [0.25, 0.3) is 0 Å². The normalized spacial score (nSPS) is 27.2. The van der Waals surface area contributed by atoms with Crippen LogP contribution >= 0.6 is 12.2 Å². The minimum atomic E-state index is 0.722. The summed E-state index contributed by atoms with van der Waals surface area (Å²) in [5.74, 6) is 4.69. The highest BCUT2D eigenvalue weighted by Crippen LogP contribution is 2.42. The molecule has 2 saturated carbocycles. The van der Waals surface area contributed by atoms with Gasteiger partial charge in [-0.3, -0.25) is 0 Å². The lowest BCUT2D eigenvalue weighted by Gasteiger charge is -2.38. The van der Waals surface area contributed by atoms with E-state index >= 15 is 0 Å². The molecule has 2 aliphatic carbocycles. The third-order valence-corrected chi connectivity index (χ3v) is 7.50. The van der Waals surface area contributed by atoms with Gasteiger partial charge in [-0.15, -0.1) is 0 Å². The van der Waals surface area contributed by atoms with Crippen molar-refractivity contribution in [2.24, 2.45) is 28.7 Å². The summed E-state index contributed by atoms with van der Waals surface area (Å²) in [6.45, 7) is 3.16. The van der Waals surface area contributed by atoms with E-state index in [2.05, 4.69) is 29.3 Å². The minimum Gasteiger partial charge on any atom is -0.493 e. The van der Waals surface area contributed by atoms with E-state index in [-0.39, 0.29) is 0 Å². The first-order valence-corrected chi connectivity index (χ1v) is 12.5. The second kappa shape index (κ2) is 12.5. The van der Waals surface area contributed by atoms with Gasteiger partial charge in [-0.25, -0.2) is 0 Å². The Morgan fingerprint density at radius 1 is 0.862 bits per heavy atom. The van der Waals surface area contributed by atoms with E-state index in [0.717, 1.165) is 41.7 Å². The molecule has 0 aromatic heterocycles. The molecule has 3 rings (SSSR count). The van der Waals surface area contributed by atoms with Gasteiger partial charge in [-0.05, 0) is 98.7 Å². The minimum absolute atomic E-state index is 0.722. The van der Waals surface area contributed by atoms with Crippen LogP contribution in [0.15, 0.2) is 29.3 Å². The zero-order chi connectivity index (χ0) is 20.3. The lowest BCUT2D eigenvalue weighted by atomic mass is 9.69. The third kappa shape index (κ3) is 7.54. The Hall–Kier alpha value is -1.18. The highest BCUT2D eigenvalue weighted by molar-refractivity contribution is 7.78. The van der Waals surface area contributed by atoms with Crippen LogP contribution in [0, 0.1) is 23.7 Å². The SMILES string of the molecule is CCCCCC[C@H]1CC[C@H](C2CCC(COc3ccc(N=C=S)cc3)CC2)CC1. The van der Waals surface area contributed by atoms with E-state index in [4.69, 9.17) is 4.74 Å². The Morgan fingerprint density at radius 3 is 2.07 bits per heavy atom. The molecule has 1 aromatic rings. The number of nitrogens with zero attached hydrogens (tertiary/aromatic N) is 1. The fraction of sp³-hybridized carbons (Fsp3) is 0.731. The summed E-state index contributed by atoms with van der Waals surface area (Å²) < 4.78 is 6.04. The predicted molar refractivity (Wildman–Crippen MR) is 126 cm³/mol. The molecule has 160 valence electrons. The van der Waals surface area contributed by atoms with Gasteiger partial charge in [0.15, 0.2) is 0 Å². The van der Waals surface area contributed by atoms with Gasteiger partial charge in [0, 0.05) is 0 Å². The summed E-state index contributed by atoms with van der Waals surface area (Å²) >= 11 is 4.64. The molecule has 0 unspecified atom stereocenters. The molecule has 29 heavy (non-hydrogen) atoms. The van der Waals surface area contributed by atoms with Crippen LogP contribution in [-0.4, -0.2) is 11.8 Å². The summed E-state index contributed by atoms with van der Waals surface area (Å²) in [5, 5.41) is 2.40. The van der Waals surface area contributed by atoms with Crippen molar-refractivity contribution in [1.29, 1.82) is 0 Å². The maximum Gasteiger partial charge on any atom is 0.119 e. The Balaban J connectivity index is 1.31. The molecule has 0 atom stereocenters. The smallest absolute Gasteiger partial charge is 0.119 e. The Kier molecular flexibility index (Phi) is 9.70. The second-order valence-electron chi connectivity index (χ2n) is 9.42. The standard InChI is InChI=1S/C26H39NOS/c1-2-3-4-5-6-21-7-11-23(12-8-21)24-13-9-22(10-14-24)19-28-26-17-15-25(16-18-26)27-20-29/h15-18,21-24H,2-14,19H2,1H3/t21-,22?,23-,24?. The quantitative estimate of drug-likeness (QED) is 0.218. The molecule has 2 fully saturated rings. The third-order valence-electron chi connectivity index (χ3n) is 7.41. The van der Waals surface area contributed by atoms with Gasteiger partial charge in [0.1, 0.15) is 5.75 Å². The molecule has 2 nitrogen and oxygen atoms in total. The zero-order valence-electron chi connectivity index (χ0n) is 18.3. The number of unbranched alkanes of at least 4 members (excludes halogenated alkanes) is 3. The van der Waals surface area contributed by atoms with Crippen LogP contribution in [-0.2, 0) is 0 Å². The average molecular weight is 414 g/mol. The van der Waals surface area contributed by atoms with E-state index in [1.54, 1.807) is 0 Å². The maximum absolute atomic E-state index is 6.04. The molecular formula is C26H39NOS. The van der Waals surface area contributed by atoms with Crippen molar-refractivity contribution >= 4 is 23.1 Å². The molecule has 3 heteroatoms. The van der Waals surface area contributed by atoms with Gasteiger partial charge in [0.05, 0.1) is 17.5 Å². The van der Waals surface area contributed by atoms with Gasteiger partial charge in [-0.2, -0.15) is 4.99 Å². The monoisotopic (exact) mass is 413 g/mol. The van der Waals surface area contributed by atoms with Crippen LogP contribution in [0.4, 0.5) is 5.69 Å².